The molecule has 0 saturated heterocycles. The maximum Gasteiger partial charge on any atom is 0.328 e. The molecule has 0 unspecified atom stereocenters. The van der Waals surface area contributed by atoms with Crippen molar-refractivity contribution in [2.75, 3.05) is 0 Å². The van der Waals surface area contributed by atoms with E-state index in [2.05, 4.69) is 6.92 Å². The van der Waals surface area contributed by atoms with Gasteiger partial charge < -0.3 is 5.11 Å². The molecule has 2 nitrogen and oxygen atoms in total. The number of carbonyl (C=O) groups is 1. The average molecular weight is 237 g/mol. The summed E-state index contributed by atoms with van der Waals surface area (Å²) in [5, 5.41) is 8.61. The van der Waals surface area contributed by atoms with Crippen molar-refractivity contribution >= 4 is 12.0 Å². The Morgan fingerprint density at radius 2 is 1.89 bits per heavy atom. The van der Waals surface area contributed by atoms with Gasteiger partial charge in [0, 0.05) is 6.08 Å². The smallest absolute Gasteiger partial charge is 0.328 e. The zero-order valence-corrected chi connectivity index (χ0v) is 9.84. The molecule has 0 bridgehead atoms. The van der Waals surface area contributed by atoms with E-state index in [4.69, 9.17) is 5.11 Å². The molecule has 2 aromatic rings. The van der Waals surface area contributed by atoms with Crippen molar-refractivity contribution in [1.29, 1.82) is 0 Å². The largest absolute Gasteiger partial charge is 0.478 e. The second kappa shape index (κ2) is 5.32. The van der Waals surface area contributed by atoms with Crippen molar-refractivity contribution in [2.24, 2.45) is 0 Å². The van der Waals surface area contributed by atoms with Crippen LogP contribution in [-0.4, -0.2) is 11.1 Å². The van der Waals surface area contributed by atoms with E-state index in [0.717, 1.165) is 28.3 Å². The quantitative estimate of drug-likeness (QED) is 0.827. The molecule has 0 aromatic heterocycles. The highest BCUT2D eigenvalue weighted by molar-refractivity contribution is 5.85. The lowest BCUT2D eigenvalue weighted by Crippen LogP contribution is -1.86. The van der Waals surface area contributed by atoms with Crippen molar-refractivity contribution in [1.82, 2.24) is 0 Å². The Kier molecular flexibility index (Phi) is 3.58. The Labute approximate surface area is 106 Å². The van der Waals surface area contributed by atoms with Gasteiger partial charge in [0.25, 0.3) is 0 Å². The predicted molar refractivity (Wildman–Crippen MR) is 73.0 cm³/mol. The van der Waals surface area contributed by atoms with Crippen LogP contribution < -0.4 is 0 Å². The van der Waals surface area contributed by atoms with Gasteiger partial charge in [-0.2, -0.15) is 0 Å². The van der Waals surface area contributed by atoms with Crippen LogP contribution in [0.4, 0.5) is 0 Å². The number of carboxylic acid groups (broad SMARTS) is 1. The molecule has 0 atom stereocenters. The van der Waals surface area contributed by atoms with Crippen molar-refractivity contribution in [3.63, 3.8) is 0 Å². The third-order valence-corrected chi connectivity index (χ3v) is 2.63. The number of hydrogen-bond acceptors (Lipinski definition) is 1. The molecule has 0 spiro atoms. The molecule has 0 aliphatic heterocycles. The first-order valence-corrected chi connectivity index (χ1v) is 5.59. The van der Waals surface area contributed by atoms with Crippen molar-refractivity contribution in [3.8, 4) is 11.1 Å². The maximum atomic E-state index is 10.5. The lowest BCUT2D eigenvalue weighted by molar-refractivity contribution is -0.131. The van der Waals surface area contributed by atoms with E-state index in [9.17, 15) is 4.79 Å². The van der Waals surface area contributed by atoms with Crippen LogP contribution in [0, 0.1) is 6.92 Å². The van der Waals surface area contributed by atoms with Crippen LogP contribution in [0.1, 0.15) is 11.1 Å². The van der Waals surface area contributed by atoms with E-state index in [1.54, 1.807) is 6.08 Å². The highest BCUT2D eigenvalue weighted by atomic mass is 16.4. The van der Waals surface area contributed by atoms with Crippen LogP contribution in [0.2, 0.25) is 0 Å². The van der Waals surface area contributed by atoms with Crippen LogP contribution in [0.5, 0.6) is 0 Å². The molecule has 0 fully saturated rings. The molecule has 1 radical (unpaired) electrons. The average Bonchev–Trinajstić information content (AvgIpc) is 2.37. The van der Waals surface area contributed by atoms with Crippen LogP contribution in [0.25, 0.3) is 17.2 Å². The Hall–Kier alpha value is -2.35. The summed E-state index contributed by atoms with van der Waals surface area (Å²) < 4.78 is 0. The van der Waals surface area contributed by atoms with E-state index < -0.39 is 5.97 Å². The summed E-state index contributed by atoms with van der Waals surface area (Å²) in [6, 6.07) is 15.6. The molecule has 2 heteroatoms. The summed E-state index contributed by atoms with van der Waals surface area (Å²) in [5.74, 6) is -0.946. The second-order valence-corrected chi connectivity index (χ2v) is 3.95. The zero-order valence-electron chi connectivity index (χ0n) is 9.84. The highest BCUT2D eigenvalue weighted by Crippen LogP contribution is 2.24. The first kappa shape index (κ1) is 12.1. The third-order valence-electron chi connectivity index (χ3n) is 2.63. The first-order chi connectivity index (χ1) is 8.66. The number of rotatable bonds is 3. The van der Waals surface area contributed by atoms with Crippen LogP contribution >= 0.6 is 0 Å². The Morgan fingerprint density at radius 1 is 1.11 bits per heavy atom. The van der Waals surface area contributed by atoms with Crippen LogP contribution in [-0.2, 0) is 4.79 Å². The molecule has 1 N–H and O–H groups in total. The van der Waals surface area contributed by atoms with Crippen molar-refractivity contribution in [2.45, 2.75) is 0 Å². The first-order valence-electron chi connectivity index (χ1n) is 5.59. The summed E-state index contributed by atoms with van der Waals surface area (Å²) in [7, 11) is 0. The molecule has 2 rings (SSSR count). The minimum atomic E-state index is -0.946. The third kappa shape index (κ3) is 2.86. The van der Waals surface area contributed by atoms with Gasteiger partial charge in [-0.15, -0.1) is 0 Å². The number of aliphatic carboxylic acids is 1. The molecule has 0 saturated carbocycles. The minimum absolute atomic E-state index is 0.859. The molecule has 2 aromatic carbocycles. The lowest BCUT2D eigenvalue weighted by Gasteiger charge is -2.06. The lowest BCUT2D eigenvalue weighted by atomic mass is 9.99. The van der Waals surface area contributed by atoms with Gasteiger partial charge in [0.1, 0.15) is 0 Å². The number of hydrogen-bond donors (Lipinski definition) is 1. The van der Waals surface area contributed by atoms with Gasteiger partial charge in [0.2, 0.25) is 0 Å². The standard InChI is InChI=1S/C16H13O2/c1-12-5-2-3-8-15(12)14-7-4-6-13(11-14)9-10-16(17)18/h2-11H,1H2,(H,17,18)/b10-9+. The van der Waals surface area contributed by atoms with Crippen molar-refractivity contribution < 1.29 is 9.90 Å². The molecule has 89 valence electrons. The predicted octanol–water partition coefficient (Wildman–Crippen LogP) is 3.63. The fourth-order valence-corrected chi connectivity index (χ4v) is 1.78. The molecule has 0 aliphatic carbocycles. The van der Waals surface area contributed by atoms with Gasteiger partial charge >= 0.3 is 5.97 Å². The highest BCUT2D eigenvalue weighted by Gasteiger charge is 2.01. The Balaban J connectivity index is 2.39. The summed E-state index contributed by atoms with van der Waals surface area (Å²) >= 11 is 0. The van der Waals surface area contributed by atoms with Gasteiger partial charge in [0.15, 0.2) is 0 Å². The molecule has 0 heterocycles. The van der Waals surface area contributed by atoms with Gasteiger partial charge in [-0.25, -0.2) is 4.79 Å². The van der Waals surface area contributed by atoms with E-state index in [1.165, 1.54) is 0 Å². The molecule has 18 heavy (non-hydrogen) atoms. The fourth-order valence-electron chi connectivity index (χ4n) is 1.78. The Morgan fingerprint density at radius 3 is 2.61 bits per heavy atom. The topological polar surface area (TPSA) is 37.3 Å². The SMILES string of the molecule is [CH2]c1ccccc1-c1cccc(/C=C/C(=O)O)c1. The van der Waals surface area contributed by atoms with E-state index in [1.807, 2.05) is 48.5 Å². The van der Waals surface area contributed by atoms with Gasteiger partial charge in [-0.05, 0) is 41.3 Å². The van der Waals surface area contributed by atoms with E-state index >= 15 is 0 Å². The maximum absolute atomic E-state index is 10.5. The summed E-state index contributed by atoms with van der Waals surface area (Å²) in [5.41, 5.74) is 3.91. The normalized spacial score (nSPS) is 10.7. The Bertz CT molecular complexity index is 598. The fraction of sp³-hybridized carbons (Fsp3) is 0. The van der Waals surface area contributed by atoms with Crippen molar-refractivity contribution in [3.05, 3.63) is 72.7 Å². The van der Waals surface area contributed by atoms with Crippen LogP contribution in [0.15, 0.2) is 54.6 Å². The van der Waals surface area contributed by atoms with E-state index in [-0.39, 0.29) is 0 Å². The summed E-state index contributed by atoms with van der Waals surface area (Å²) in [4.78, 5) is 10.5. The van der Waals surface area contributed by atoms with Gasteiger partial charge in [0.05, 0.1) is 0 Å². The summed E-state index contributed by atoms with van der Waals surface area (Å²) in [6.07, 6.45) is 2.72. The number of carboxylic acids is 1. The van der Waals surface area contributed by atoms with Crippen LogP contribution in [0.3, 0.4) is 0 Å². The summed E-state index contributed by atoms with van der Waals surface area (Å²) in [6.45, 7) is 3.99. The van der Waals surface area contributed by atoms with Gasteiger partial charge in [-0.3, -0.25) is 0 Å². The zero-order chi connectivity index (χ0) is 13.0. The monoisotopic (exact) mass is 237 g/mol. The number of benzene rings is 2. The molecule has 0 aliphatic rings. The van der Waals surface area contributed by atoms with Gasteiger partial charge in [-0.1, -0.05) is 42.5 Å². The second-order valence-electron chi connectivity index (χ2n) is 3.95. The molecular weight excluding hydrogens is 224 g/mol. The molecule has 0 amide bonds. The van der Waals surface area contributed by atoms with E-state index in [0.29, 0.717) is 0 Å². The minimum Gasteiger partial charge on any atom is -0.478 e. The molecular formula is C16H13O2.